The van der Waals surface area contributed by atoms with Crippen molar-refractivity contribution < 1.29 is 4.42 Å². The standard InChI is InChI=1S/C24H35N3O/c1-5-7-13-24(14-8-6-2)22-19(18-11-9-10-12-20(18)26-22)15-21(27-24)23-25-16(3)17(4)28-23/h9-12,19,21-22,26-27H,5-8,13-15H2,1-4H3/t19?,21-,22-/m1/s1. The number of fused-ring (bicyclic) bond motifs is 3. The molecule has 2 N–H and O–H groups in total. The molecule has 0 bridgehead atoms. The first-order valence-corrected chi connectivity index (χ1v) is 11.1. The zero-order valence-electron chi connectivity index (χ0n) is 17.8. The number of aryl methyl sites for hydroxylation is 2. The molecule has 4 rings (SSSR count). The summed E-state index contributed by atoms with van der Waals surface area (Å²) >= 11 is 0. The number of piperidine rings is 1. The van der Waals surface area contributed by atoms with Crippen molar-refractivity contribution in [3.8, 4) is 0 Å². The molecule has 4 heteroatoms. The van der Waals surface area contributed by atoms with Gasteiger partial charge in [0.1, 0.15) is 5.76 Å². The van der Waals surface area contributed by atoms with Gasteiger partial charge in [0.15, 0.2) is 0 Å². The molecule has 0 saturated carbocycles. The zero-order chi connectivity index (χ0) is 19.7. The third-order valence-corrected chi connectivity index (χ3v) is 6.92. The Morgan fingerprint density at radius 2 is 1.82 bits per heavy atom. The summed E-state index contributed by atoms with van der Waals surface area (Å²) in [5.74, 6) is 2.32. The molecule has 3 heterocycles. The zero-order valence-corrected chi connectivity index (χ0v) is 17.8. The minimum atomic E-state index is 0.0783. The van der Waals surface area contributed by atoms with E-state index in [0.717, 1.165) is 23.8 Å². The Morgan fingerprint density at radius 1 is 1.11 bits per heavy atom. The van der Waals surface area contributed by atoms with Gasteiger partial charge in [0.05, 0.1) is 17.8 Å². The number of anilines is 1. The molecule has 1 aromatic carbocycles. The number of hydrogen-bond donors (Lipinski definition) is 2. The lowest BCUT2D eigenvalue weighted by atomic mass is 9.69. The van der Waals surface area contributed by atoms with Crippen LogP contribution in [0.3, 0.4) is 0 Å². The van der Waals surface area contributed by atoms with Crippen LogP contribution in [-0.4, -0.2) is 16.6 Å². The van der Waals surface area contributed by atoms with Crippen molar-refractivity contribution in [2.45, 2.75) is 96.2 Å². The predicted molar refractivity (Wildman–Crippen MR) is 115 cm³/mol. The van der Waals surface area contributed by atoms with E-state index in [2.05, 4.69) is 48.7 Å². The maximum atomic E-state index is 6.10. The molecule has 0 aliphatic carbocycles. The molecular formula is C24H35N3O. The first-order chi connectivity index (χ1) is 13.6. The smallest absolute Gasteiger partial charge is 0.211 e. The normalized spacial score (nSPS) is 25.2. The van der Waals surface area contributed by atoms with Crippen LogP contribution in [0.1, 0.15) is 93.7 Å². The first kappa shape index (κ1) is 19.5. The lowest BCUT2D eigenvalue weighted by Crippen LogP contribution is -2.62. The van der Waals surface area contributed by atoms with Crippen molar-refractivity contribution in [3.05, 3.63) is 47.2 Å². The van der Waals surface area contributed by atoms with Crippen molar-refractivity contribution in [2.75, 3.05) is 5.32 Å². The number of nitrogens with one attached hydrogen (secondary N) is 2. The van der Waals surface area contributed by atoms with Crippen LogP contribution in [0.4, 0.5) is 5.69 Å². The summed E-state index contributed by atoms with van der Waals surface area (Å²) in [5.41, 5.74) is 3.87. The van der Waals surface area contributed by atoms with E-state index in [1.807, 2.05) is 13.8 Å². The number of rotatable bonds is 7. The molecule has 0 radical (unpaired) electrons. The van der Waals surface area contributed by atoms with Gasteiger partial charge in [-0.2, -0.15) is 0 Å². The van der Waals surface area contributed by atoms with Gasteiger partial charge in [-0.25, -0.2) is 4.98 Å². The summed E-state index contributed by atoms with van der Waals surface area (Å²) in [6, 6.07) is 9.50. The van der Waals surface area contributed by atoms with Gasteiger partial charge < -0.3 is 9.73 Å². The van der Waals surface area contributed by atoms with Crippen LogP contribution in [0, 0.1) is 13.8 Å². The summed E-state index contributed by atoms with van der Waals surface area (Å²) in [7, 11) is 0. The Bertz CT molecular complexity index is 784. The summed E-state index contributed by atoms with van der Waals surface area (Å²) in [6.45, 7) is 8.65. The molecule has 28 heavy (non-hydrogen) atoms. The Labute approximate surface area is 169 Å². The summed E-state index contributed by atoms with van der Waals surface area (Å²) < 4.78 is 6.10. The van der Waals surface area contributed by atoms with Crippen LogP contribution in [-0.2, 0) is 0 Å². The van der Waals surface area contributed by atoms with Crippen LogP contribution < -0.4 is 10.6 Å². The van der Waals surface area contributed by atoms with E-state index in [0.29, 0.717) is 12.0 Å². The molecule has 1 unspecified atom stereocenters. The third-order valence-electron chi connectivity index (χ3n) is 6.92. The fourth-order valence-electron chi connectivity index (χ4n) is 5.31. The molecule has 0 amide bonds. The largest absolute Gasteiger partial charge is 0.444 e. The third kappa shape index (κ3) is 3.36. The summed E-state index contributed by atoms with van der Waals surface area (Å²) in [4.78, 5) is 4.78. The molecule has 1 saturated heterocycles. The first-order valence-electron chi connectivity index (χ1n) is 11.1. The van der Waals surface area contributed by atoms with E-state index < -0.39 is 0 Å². The van der Waals surface area contributed by atoms with E-state index in [1.54, 1.807) is 0 Å². The van der Waals surface area contributed by atoms with Crippen LogP contribution in [0.5, 0.6) is 0 Å². The van der Waals surface area contributed by atoms with Gasteiger partial charge in [-0.05, 0) is 44.7 Å². The van der Waals surface area contributed by atoms with Gasteiger partial charge in [0, 0.05) is 17.1 Å². The minimum absolute atomic E-state index is 0.0783. The average Bonchev–Trinajstić information content (AvgIpc) is 3.25. The Hall–Kier alpha value is -1.81. The number of benzene rings is 1. The van der Waals surface area contributed by atoms with Crippen LogP contribution >= 0.6 is 0 Å². The molecule has 1 aromatic heterocycles. The highest BCUT2D eigenvalue weighted by molar-refractivity contribution is 5.61. The molecule has 1 fully saturated rings. The topological polar surface area (TPSA) is 50.1 Å². The highest BCUT2D eigenvalue weighted by Crippen LogP contribution is 2.51. The summed E-state index contributed by atoms with van der Waals surface area (Å²) in [6.07, 6.45) is 8.36. The monoisotopic (exact) mass is 381 g/mol. The fraction of sp³-hybridized carbons (Fsp3) is 0.625. The maximum absolute atomic E-state index is 6.10. The van der Waals surface area contributed by atoms with Crippen molar-refractivity contribution in [1.82, 2.24) is 10.3 Å². The molecule has 152 valence electrons. The van der Waals surface area contributed by atoms with Gasteiger partial charge >= 0.3 is 0 Å². The van der Waals surface area contributed by atoms with Crippen molar-refractivity contribution in [2.24, 2.45) is 0 Å². The van der Waals surface area contributed by atoms with E-state index >= 15 is 0 Å². The fourth-order valence-corrected chi connectivity index (χ4v) is 5.31. The molecule has 0 spiro atoms. The number of para-hydroxylation sites is 1. The predicted octanol–water partition coefficient (Wildman–Crippen LogP) is 6.02. The number of unbranched alkanes of at least 4 members (excludes halogenated alkanes) is 2. The molecule has 4 nitrogen and oxygen atoms in total. The number of hydrogen-bond acceptors (Lipinski definition) is 4. The molecule has 2 aliphatic rings. The molecular weight excluding hydrogens is 346 g/mol. The van der Waals surface area contributed by atoms with E-state index in [1.165, 1.54) is 49.8 Å². The summed E-state index contributed by atoms with van der Waals surface area (Å²) in [5, 5.41) is 8.00. The Morgan fingerprint density at radius 3 is 2.46 bits per heavy atom. The Kier molecular flexibility index (Phi) is 5.50. The Balaban J connectivity index is 1.74. The second kappa shape index (κ2) is 7.90. The van der Waals surface area contributed by atoms with Gasteiger partial charge in [-0.3, -0.25) is 5.32 Å². The van der Waals surface area contributed by atoms with E-state index in [4.69, 9.17) is 9.40 Å². The van der Waals surface area contributed by atoms with Gasteiger partial charge in [0.25, 0.3) is 0 Å². The lowest BCUT2D eigenvalue weighted by molar-refractivity contribution is 0.128. The van der Waals surface area contributed by atoms with Gasteiger partial charge in [-0.1, -0.05) is 57.7 Å². The van der Waals surface area contributed by atoms with E-state index in [9.17, 15) is 0 Å². The molecule has 2 aliphatic heterocycles. The minimum Gasteiger partial charge on any atom is -0.444 e. The molecule has 3 atom stereocenters. The van der Waals surface area contributed by atoms with Crippen LogP contribution in [0.2, 0.25) is 0 Å². The lowest BCUT2D eigenvalue weighted by Gasteiger charge is -2.49. The number of oxazole rings is 1. The van der Waals surface area contributed by atoms with E-state index in [-0.39, 0.29) is 11.6 Å². The SMILES string of the molecule is CCCCC1(CCCC)N[C@@H](c2nc(C)c(C)o2)CC2c3ccccc3N[C@H]21. The van der Waals surface area contributed by atoms with Crippen LogP contribution in [0.15, 0.2) is 28.7 Å². The molecule has 2 aromatic rings. The van der Waals surface area contributed by atoms with Crippen LogP contribution in [0.25, 0.3) is 0 Å². The van der Waals surface area contributed by atoms with Crippen molar-refractivity contribution in [3.63, 3.8) is 0 Å². The number of aromatic nitrogens is 1. The highest BCUT2D eigenvalue weighted by atomic mass is 16.4. The second-order valence-corrected chi connectivity index (χ2v) is 8.81. The van der Waals surface area contributed by atoms with Crippen molar-refractivity contribution in [1.29, 1.82) is 0 Å². The number of nitrogens with zero attached hydrogens (tertiary/aromatic N) is 1. The van der Waals surface area contributed by atoms with Gasteiger partial charge in [0.2, 0.25) is 5.89 Å². The average molecular weight is 382 g/mol. The van der Waals surface area contributed by atoms with Crippen molar-refractivity contribution >= 4 is 5.69 Å². The maximum Gasteiger partial charge on any atom is 0.211 e. The highest BCUT2D eigenvalue weighted by Gasteiger charge is 2.52. The van der Waals surface area contributed by atoms with Gasteiger partial charge in [-0.15, -0.1) is 0 Å². The quantitative estimate of drug-likeness (QED) is 0.615. The second-order valence-electron chi connectivity index (χ2n) is 8.81.